The van der Waals surface area contributed by atoms with E-state index in [9.17, 15) is 14.4 Å². The fraction of sp³-hybridized carbons (Fsp3) is 0.333. The van der Waals surface area contributed by atoms with E-state index in [1.165, 1.54) is 0 Å². The zero-order valence-electron chi connectivity index (χ0n) is 17.6. The summed E-state index contributed by atoms with van der Waals surface area (Å²) in [5.74, 6) is -0.603. The summed E-state index contributed by atoms with van der Waals surface area (Å²) in [4.78, 5) is 38.3. The number of amides is 2. The molecule has 3 aromatic rings. The smallest absolute Gasteiger partial charge is 0.276 e. The zero-order valence-corrected chi connectivity index (χ0v) is 17.6. The second-order valence-corrected chi connectivity index (χ2v) is 7.89. The molecule has 1 aliphatic rings. The molecule has 7 nitrogen and oxygen atoms in total. The van der Waals surface area contributed by atoms with E-state index in [0.717, 1.165) is 31.2 Å². The first-order valence-electron chi connectivity index (χ1n) is 10.7. The van der Waals surface area contributed by atoms with Crippen molar-refractivity contribution in [2.45, 2.75) is 51.6 Å². The number of rotatable bonds is 6. The van der Waals surface area contributed by atoms with E-state index in [-0.39, 0.29) is 24.1 Å². The maximum Gasteiger partial charge on any atom is 0.276 e. The summed E-state index contributed by atoms with van der Waals surface area (Å²) in [5, 5.41) is 10.5. The molecular weight excluding hydrogens is 392 g/mol. The van der Waals surface area contributed by atoms with Crippen LogP contribution in [-0.4, -0.2) is 27.6 Å². The van der Waals surface area contributed by atoms with Crippen LogP contribution < -0.4 is 16.1 Å². The summed E-state index contributed by atoms with van der Waals surface area (Å²) >= 11 is 0. The number of fused-ring (bicyclic) bond motifs is 1. The molecule has 0 spiro atoms. The SMILES string of the molecule is CCn1nc(C(=O)NC2CCCC2)c(=O)c2cc(NC(=O)Cc3ccccc3)ccc21. The van der Waals surface area contributed by atoms with Gasteiger partial charge in [-0.2, -0.15) is 5.10 Å². The largest absolute Gasteiger partial charge is 0.348 e. The molecule has 1 aromatic heterocycles. The van der Waals surface area contributed by atoms with Crippen molar-refractivity contribution in [3.63, 3.8) is 0 Å². The van der Waals surface area contributed by atoms with Crippen LogP contribution in [0.4, 0.5) is 5.69 Å². The van der Waals surface area contributed by atoms with Crippen molar-refractivity contribution in [2.75, 3.05) is 5.32 Å². The quantitative estimate of drug-likeness (QED) is 0.643. The van der Waals surface area contributed by atoms with Gasteiger partial charge in [0.05, 0.1) is 17.3 Å². The van der Waals surface area contributed by atoms with Crippen molar-refractivity contribution in [3.05, 3.63) is 70.0 Å². The molecule has 2 amide bonds. The van der Waals surface area contributed by atoms with E-state index in [1.54, 1.807) is 22.9 Å². The van der Waals surface area contributed by atoms with Crippen molar-refractivity contribution >= 4 is 28.4 Å². The van der Waals surface area contributed by atoms with E-state index in [0.29, 0.717) is 23.1 Å². The van der Waals surface area contributed by atoms with Gasteiger partial charge >= 0.3 is 0 Å². The number of hydrogen-bond donors (Lipinski definition) is 2. The first-order chi connectivity index (χ1) is 15.0. The van der Waals surface area contributed by atoms with Gasteiger partial charge in [-0.05, 0) is 43.5 Å². The summed E-state index contributed by atoms with van der Waals surface area (Å²) in [5.41, 5.74) is 1.53. The van der Waals surface area contributed by atoms with Crippen LogP contribution in [0.3, 0.4) is 0 Å². The molecule has 1 saturated carbocycles. The number of nitrogens with zero attached hydrogens (tertiary/aromatic N) is 2. The zero-order chi connectivity index (χ0) is 21.8. The number of anilines is 1. The molecule has 1 heterocycles. The predicted octanol–water partition coefficient (Wildman–Crippen LogP) is 3.27. The standard InChI is InChI=1S/C24H26N4O3/c1-2-28-20-13-12-18(25-21(29)14-16-8-4-3-5-9-16)15-19(20)23(30)22(27-28)24(31)26-17-10-6-7-11-17/h3-5,8-9,12-13,15,17H,2,6-7,10-11,14H2,1H3,(H,25,29)(H,26,31). The highest BCUT2D eigenvalue weighted by Gasteiger charge is 2.22. The highest BCUT2D eigenvalue weighted by atomic mass is 16.2. The predicted molar refractivity (Wildman–Crippen MR) is 120 cm³/mol. The van der Waals surface area contributed by atoms with Gasteiger partial charge in [0.2, 0.25) is 11.3 Å². The molecule has 0 aliphatic heterocycles. The summed E-state index contributed by atoms with van der Waals surface area (Å²) in [7, 11) is 0. The molecule has 4 rings (SSSR count). The van der Waals surface area contributed by atoms with Gasteiger partial charge in [-0.3, -0.25) is 19.1 Å². The Morgan fingerprint density at radius 2 is 1.84 bits per heavy atom. The van der Waals surface area contributed by atoms with Crippen molar-refractivity contribution in [1.82, 2.24) is 15.1 Å². The van der Waals surface area contributed by atoms with E-state index in [1.807, 2.05) is 37.3 Å². The molecule has 0 radical (unpaired) electrons. The Balaban J connectivity index is 1.62. The molecule has 1 fully saturated rings. The van der Waals surface area contributed by atoms with Gasteiger partial charge in [0.15, 0.2) is 5.69 Å². The normalized spacial score (nSPS) is 14.0. The minimum atomic E-state index is -0.431. The van der Waals surface area contributed by atoms with Gasteiger partial charge in [0, 0.05) is 18.3 Å². The number of carbonyl (C=O) groups excluding carboxylic acids is 2. The van der Waals surface area contributed by atoms with E-state index < -0.39 is 11.3 Å². The summed E-state index contributed by atoms with van der Waals surface area (Å²) in [6, 6.07) is 14.7. The Labute approximate surface area is 180 Å². The molecule has 0 bridgehead atoms. The maximum atomic E-state index is 13.1. The molecule has 7 heteroatoms. The molecule has 2 aromatic carbocycles. The number of benzene rings is 2. The minimum Gasteiger partial charge on any atom is -0.348 e. The van der Waals surface area contributed by atoms with Gasteiger partial charge < -0.3 is 10.6 Å². The lowest BCUT2D eigenvalue weighted by Crippen LogP contribution is -2.37. The monoisotopic (exact) mass is 418 g/mol. The van der Waals surface area contributed by atoms with Crippen LogP contribution in [0.25, 0.3) is 10.9 Å². The summed E-state index contributed by atoms with van der Waals surface area (Å²) in [6.45, 7) is 2.42. The Morgan fingerprint density at radius 1 is 1.10 bits per heavy atom. The summed E-state index contributed by atoms with van der Waals surface area (Å²) in [6.07, 6.45) is 4.27. The molecule has 31 heavy (non-hydrogen) atoms. The maximum absolute atomic E-state index is 13.1. The lowest BCUT2D eigenvalue weighted by atomic mass is 10.1. The first-order valence-corrected chi connectivity index (χ1v) is 10.7. The lowest BCUT2D eigenvalue weighted by molar-refractivity contribution is -0.115. The van der Waals surface area contributed by atoms with E-state index in [2.05, 4.69) is 15.7 Å². The minimum absolute atomic E-state index is 0.100. The highest BCUT2D eigenvalue weighted by Crippen LogP contribution is 2.19. The highest BCUT2D eigenvalue weighted by molar-refractivity contribution is 5.98. The Bertz CT molecular complexity index is 1160. The molecule has 160 valence electrons. The first kappa shape index (κ1) is 20.8. The number of aromatic nitrogens is 2. The van der Waals surface area contributed by atoms with Gasteiger partial charge in [0.25, 0.3) is 5.91 Å². The van der Waals surface area contributed by atoms with E-state index in [4.69, 9.17) is 0 Å². The van der Waals surface area contributed by atoms with Gasteiger partial charge in [0.1, 0.15) is 0 Å². The van der Waals surface area contributed by atoms with Gasteiger partial charge in [-0.15, -0.1) is 0 Å². The third-order valence-electron chi connectivity index (χ3n) is 5.65. The van der Waals surface area contributed by atoms with Crippen LogP contribution >= 0.6 is 0 Å². The molecule has 1 aliphatic carbocycles. The van der Waals surface area contributed by atoms with Gasteiger partial charge in [-0.25, -0.2) is 0 Å². The second kappa shape index (κ2) is 9.12. The topological polar surface area (TPSA) is 93.1 Å². The fourth-order valence-corrected chi connectivity index (χ4v) is 4.07. The molecule has 0 saturated heterocycles. The van der Waals surface area contributed by atoms with Crippen LogP contribution in [0.1, 0.15) is 48.7 Å². The Morgan fingerprint density at radius 3 is 2.55 bits per heavy atom. The fourth-order valence-electron chi connectivity index (χ4n) is 4.07. The van der Waals surface area contributed by atoms with Crippen LogP contribution in [0.15, 0.2) is 53.3 Å². The Hall–Kier alpha value is -3.48. The van der Waals surface area contributed by atoms with Crippen molar-refractivity contribution in [1.29, 1.82) is 0 Å². The van der Waals surface area contributed by atoms with Crippen molar-refractivity contribution < 1.29 is 9.59 Å². The Kier molecular flexibility index (Phi) is 6.11. The van der Waals surface area contributed by atoms with Crippen LogP contribution in [0.2, 0.25) is 0 Å². The lowest BCUT2D eigenvalue weighted by Gasteiger charge is -2.14. The molecule has 0 unspecified atom stereocenters. The van der Waals surface area contributed by atoms with Crippen molar-refractivity contribution in [3.8, 4) is 0 Å². The number of aryl methyl sites for hydroxylation is 1. The average molecular weight is 418 g/mol. The molecule has 2 N–H and O–H groups in total. The van der Waals surface area contributed by atoms with Crippen LogP contribution in [-0.2, 0) is 17.8 Å². The molecular formula is C24H26N4O3. The third-order valence-corrected chi connectivity index (χ3v) is 5.65. The average Bonchev–Trinajstić information content (AvgIpc) is 3.28. The number of nitrogens with one attached hydrogen (secondary N) is 2. The van der Waals surface area contributed by atoms with Gasteiger partial charge in [-0.1, -0.05) is 43.2 Å². The number of hydrogen-bond acceptors (Lipinski definition) is 4. The second-order valence-electron chi connectivity index (χ2n) is 7.89. The molecule has 0 atom stereocenters. The van der Waals surface area contributed by atoms with Crippen molar-refractivity contribution in [2.24, 2.45) is 0 Å². The summed E-state index contributed by atoms with van der Waals surface area (Å²) < 4.78 is 1.65. The number of carbonyl (C=O) groups is 2. The van der Waals surface area contributed by atoms with Crippen LogP contribution in [0, 0.1) is 0 Å². The van der Waals surface area contributed by atoms with Crippen LogP contribution in [0.5, 0.6) is 0 Å². The third kappa shape index (κ3) is 4.66. The van der Waals surface area contributed by atoms with E-state index >= 15 is 0 Å².